The van der Waals surface area contributed by atoms with E-state index in [9.17, 15) is 22.8 Å². The van der Waals surface area contributed by atoms with E-state index in [0.29, 0.717) is 0 Å². The van der Waals surface area contributed by atoms with Gasteiger partial charge in [0.25, 0.3) is 0 Å². The summed E-state index contributed by atoms with van der Waals surface area (Å²) in [7, 11) is -4.18. The molecular weight excluding hydrogens is 431 g/mol. The summed E-state index contributed by atoms with van der Waals surface area (Å²) in [5.74, 6) is -2.47. The minimum atomic E-state index is -4.18. The third kappa shape index (κ3) is 5.20. The normalized spacial score (nSPS) is 11.1. The molecule has 2 aromatic carbocycles. The first-order valence-corrected chi connectivity index (χ1v) is 9.73. The number of hydrogen-bond donors (Lipinski definition) is 4. The first-order valence-electron chi connectivity index (χ1n) is 7.49. The van der Waals surface area contributed by atoms with Crippen molar-refractivity contribution in [1.29, 1.82) is 0 Å². The van der Waals surface area contributed by atoms with E-state index < -0.39 is 34.3 Å². The van der Waals surface area contributed by atoms with Crippen molar-refractivity contribution >= 4 is 56.6 Å². The molecule has 0 radical (unpaired) electrons. The minimum Gasteiger partial charge on any atom is -0.366 e. The first kappa shape index (κ1) is 21.6. The molecule has 0 aliphatic carbocycles. The Hall–Kier alpha value is -2.66. The number of sulfonamides is 1. The van der Waals surface area contributed by atoms with Gasteiger partial charge in [0.15, 0.2) is 0 Å². The Morgan fingerprint density at radius 1 is 0.929 bits per heavy atom. The molecule has 0 unspecified atom stereocenters. The molecule has 0 saturated carbocycles. The number of carbonyl (C=O) groups excluding carboxylic acids is 3. The monoisotopic (exact) mass is 444 g/mol. The molecule has 6 N–H and O–H groups in total. The summed E-state index contributed by atoms with van der Waals surface area (Å²) in [6, 6.07) is 7.74. The Bertz CT molecular complexity index is 1020. The van der Waals surface area contributed by atoms with Crippen LogP contribution in [0.5, 0.6) is 0 Å². The average Bonchev–Trinajstić information content (AvgIpc) is 2.59. The molecule has 0 saturated heterocycles. The second-order valence-electron chi connectivity index (χ2n) is 5.45. The van der Waals surface area contributed by atoms with Crippen LogP contribution in [0.3, 0.4) is 0 Å². The maximum absolute atomic E-state index is 12.3. The third-order valence-corrected chi connectivity index (χ3v) is 5.75. The highest BCUT2D eigenvalue weighted by Crippen LogP contribution is 2.28. The number of amides is 3. The summed E-state index contributed by atoms with van der Waals surface area (Å²) in [5.41, 5.74) is 10.3. The highest BCUT2D eigenvalue weighted by atomic mass is 35.5. The predicted octanol–water partition coefficient (Wildman–Crippen LogP) is 1.11. The van der Waals surface area contributed by atoms with Crippen molar-refractivity contribution in [3.05, 3.63) is 57.6 Å². The summed E-state index contributed by atoms with van der Waals surface area (Å²) in [5, 5.41) is 2.12. The molecule has 3 amide bonds. The zero-order valence-corrected chi connectivity index (χ0v) is 16.4. The van der Waals surface area contributed by atoms with Crippen LogP contribution in [0.1, 0.15) is 20.7 Å². The molecule has 148 valence electrons. The molecule has 2 rings (SSSR count). The highest BCUT2D eigenvalue weighted by Gasteiger charge is 2.22. The van der Waals surface area contributed by atoms with E-state index >= 15 is 0 Å². The van der Waals surface area contributed by atoms with Crippen LogP contribution in [0.4, 0.5) is 5.69 Å². The van der Waals surface area contributed by atoms with E-state index in [1.54, 1.807) is 0 Å². The molecule has 2 aromatic rings. The topological polar surface area (TPSA) is 161 Å². The van der Waals surface area contributed by atoms with E-state index in [1.807, 2.05) is 0 Å². The molecule has 0 fully saturated rings. The summed E-state index contributed by atoms with van der Waals surface area (Å²) < 4.78 is 26.7. The molecule has 0 bridgehead atoms. The molecule has 12 heteroatoms. The number of rotatable bonds is 7. The lowest BCUT2D eigenvalue weighted by Gasteiger charge is -2.11. The van der Waals surface area contributed by atoms with Crippen LogP contribution in [0.25, 0.3) is 0 Å². The Kier molecular flexibility index (Phi) is 6.62. The minimum absolute atomic E-state index is 0.0325. The van der Waals surface area contributed by atoms with Gasteiger partial charge >= 0.3 is 0 Å². The zero-order valence-electron chi connectivity index (χ0n) is 14.0. The van der Waals surface area contributed by atoms with Gasteiger partial charge in [-0.25, -0.2) is 13.1 Å². The standard InChI is InChI=1S/C16H14Cl2N4O5S/c17-11-2-1-3-12(18)14(11)28(26,27)21-7-13(23)22-10-5-8(15(19)24)4-9(6-10)16(20)25/h1-6,21H,7H2,(H2,19,24)(H2,20,25)(H,22,23). The second kappa shape index (κ2) is 8.57. The number of hydrogen-bond acceptors (Lipinski definition) is 5. The third-order valence-electron chi connectivity index (χ3n) is 3.40. The fraction of sp³-hybridized carbons (Fsp3) is 0.0625. The number of primary amides is 2. The van der Waals surface area contributed by atoms with E-state index in [1.165, 1.54) is 36.4 Å². The fourth-order valence-electron chi connectivity index (χ4n) is 2.16. The van der Waals surface area contributed by atoms with Gasteiger partial charge in [-0.2, -0.15) is 0 Å². The van der Waals surface area contributed by atoms with Crippen molar-refractivity contribution in [2.75, 3.05) is 11.9 Å². The van der Waals surface area contributed by atoms with Gasteiger partial charge in [-0.15, -0.1) is 0 Å². The Morgan fingerprint density at radius 3 is 1.89 bits per heavy atom. The van der Waals surface area contributed by atoms with Gasteiger partial charge in [-0.1, -0.05) is 29.3 Å². The number of anilines is 1. The lowest BCUT2D eigenvalue weighted by molar-refractivity contribution is -0.115. The lowest BCUT2D eigenvalue weighted by Crippen LogP contribution is -2.33. The fourth-order valence-corrected chi connectivity index (χ4v) is 4.28. The van der Waals surface area contributed by atoms with Crippen molar-refractivity contribution < 1.29 is 22.8 Å². The number of nitrogens with one attached hydrogen (secondary N) is 2. The molecular formula is C16H14Cl2N4O5S. The van der Waals surface area contributed by atoms with Crippen LogP contribution in [0.2, 0.25) is 10.0 Å². The number of carbonyl (C=O) groups is 3. The van der Waals surface area contributed by atoms with Crippen molar-refractivity contribution in [2.45, 2.75) is 4.90 Å². The summed E-state index contributed by atoms with van der Waals surface area (Å²) >= 11 is 11.7. The largest absolute Gasteiger partial charge is 0.366 e. The van der Waals surface area contributed by atoms with E-state index in [-0.39, 0.29) is 31.8 Å². The Labute approximate surface area is 170 Å². The molecule has 28 heavy (non-hydrogen) atoms. The lowest BCUT2D eigenvalue weighted by atomic mass is 10.1. The van der Waals surface area contributed by atoms with Crippen LogP contribution in [-0.4, -0.2) is 32.7 Å². The van der Waals surface area contributed by atoms with Gasteiger partial charge in [0.05, 0.1) is 16.6 Å². The van der Waals surface area contributed by atoms with Gasteiger partial charge in [0, 0.05) is 16.8 Å². The van der Waals surface area contributed by atoms with E-state index in [2.05, 4.69) is 10.0 Å². The summed E-state index contributed by atoms with van der Waals surface area (Å²) in [6.45, 7) is -0.670. The summed E-state index contributed by atoms with van der Waals surface area (Å²) in [6.07, 6.45) is 0. The van der Waals surface area contributed by atoms with Crippen LogP contribution in [0.15, 0.2) is 41.3 Å². The van der Waals surface area contributed by atoms with Crippen LogP contribution in [-0.2, 0) is 14.8 Å². The number of benzene rings is 2. The predicted molar refractivity (Wildman–Crippen MR) is 104 cm³/mol. The first-order chi connectivity index (χ1) is 13.0. The molecule has 0 aromatic heterocycles. The maximum Gasteiger partial charge on any atom is 0.248 e. The highest BCUT2D eigenvalue weighted by molar-refractivity contribution is 7.89. The van der Waals surface area contributed by atoms with Crippen LogP contribution in [0, 0.1) is 0 Å². The Balaban J connectivity index is 2.17. The Morgan fingerprint density at radius 2 is 1.43 bits per heavy atom. The number of nitrogens with two attached hydrogens (primary N) is 2. The zero-order chi connectivity index (χ0) is 21.1. The van der Waals surface area contributed by atoms with Gasteiger partial charge in [0.1, 0.15) is 4.90 Å². The van der Waals surface area contributed by atoms with Crippen molar-refractivity contribution in [3.8, 4) is 0 Å². The van der Waals surface area contributed by atoms with E-state index in [4.69, 9.17) is 34.7 Å². The maximum atomic E-state index is 12.3. The van der Waals surface area contributed by atoms with E-state index in [0.717, 1.165) is 0 Å². The van der Waals surface area contributed by atoms with Gasteiger partial charge in [-0.3, -0.25) is 14.4 Å². The van der Waals surface area contributed by atoms with Crippen molar-refractivity contribution in [2.24, 2.45) is 11.5 Å². The van der Waals surface area contributed by atoms with Gasteiger partial charge in [-0.05, 0) is 30.3 Å². The van der Waals surface area contributed by atoms with Crippen molar-refractivity contribution in [3.63, 3.8) is 0 Å². The summed E-state index contributed by atoms with van der Waals surface area (Å²) in [4.78, 5) is 34.4. The van der Waals surface area contributed by atoms with Crippen molar-refractivity contribution in [1.82, 2.24) is 4.72 Å². The molecule has 0 spiro atoms. The number of halogens is 2. The molecule has 0 atom stereocenters. The molecule has 0 aliphatic rings. The SMILES string of the molecule is NC(=O)c1cc(NC(=O)CNS(=O)(=O)c2c(Cl)cccc2Cl)cc(C(N)=O)c1. The molecule has 9 nitrogen and oxygen atoms in total. The quantitative estimate of drug-likeness (QED) is 0.501. The average molecular weight is 445 g/mol. The second-order valence-corrected chi connectivity index (χ2v) is 7.97. The van der Waals surface area contributed by atoms with Crippen LogP contribution < -0.4 is 21.5 Å². The van der Waals surface area contributed by atoms with Crippen LogP contribution >= 0.6 is 23.2 Å². The van der Waals surface area contributed by atoms with Gasteiger partial charge < -0.3 is 16.8 Å². The molecule has 0 aliphatic heterocycles. The smallest absolute Gasteiger partial charge is 0.248 e. The molecule has 0 heterocycles. The van der Waals surface area contributed by atoms with Gasteiger partial charge in [0.2, 0.25) is 27.7 Å².